The van der Waals surface area contributed by atoms with Gasteiger partial charge in [0.25, 0.3) is 5.56 Å². The molecule has 0 spiro atoms. The number of halogens is 8. The van der Waals surface area contributed by atoms with Crippen LogP contribution in [0.1, 0.15) is 32.7 Å². The lowest BCUT2D eigenvalue weighted by Gasteiger charge is -2.10. The second-order valence-electron chi connectivity index (χ2n) is 6.59. The Kier molecular flexibility index (Phi) is 5.28. The van der Waals surface area contributed by atoms with Gasteiger partial charge in [-0.25, -0.2) is 26.6 Å². The third kappa shape index (κ3) is 3.62. The Labute approximate surface area is 167 Å². The van der Waals surface area contributed by atoms with Gasteiger partial charge in [-0.05, 0) is 37.6 Å². The van der Waals surface area contributed by atoms with Crippen molar-refractivity contribution in [1.82, 2.24) is 9.78 Å². The quantitative estimate of drug-likeness (QED) is 0.272. The molecule has 3 rings (SSSR count). The molecule has 1 N–H and O–H groups in total. The first-order valence-corrected chi connectivity index (χ1v) is 8.32. The van der Waals surface area contributed by atoms with Crippen molar-refractivity contribution in [2.24, 2.45) is 0 Å². The van der Waals surface area contributed by atoms with E-state index in [-0.39, 0.29) is 15.9 Å². The Balaban J connectivity index is 2.23. The highest BCUT2D eigenvalue weighted by Gasteiger charge is 2.33. The lowest BCUT2D eigenvalue weighted by atomic mass is 9.99. The topological polar surface area (TPSA) is 54.9 Å². The summed E-state index contributed by atoms with van der Waals surface area (Å²) in [5.74, 6) is -13.0. The molecule has 12 heteroatoms. The minimum Gasteiger partial charge on any atom is -0.294 e. The van der Waals surface area contributed by atoms with Crippen molar-refractivity contribution in [1.29, 1.82) is 0 Å². The average Bonchev–Trinajstić information content (AvgIpc) is 2.97. The molecule has 0 atom stereocenters. The number of carbonyl (C=O) groups is 1. The van der Waals surface area contributed by atoms with Crippen molar-refractivity contribution < 1.29 is 39.9 Å². The van der Waals surface area contributed by atoms with Crippen molar-refractivity contribution >= 4 is 5.78 Å². The minimum absolute atomic E-state index is 0.0338. The molecule has 1 aromatic heterocycles. The Bertz CT molecular complexity index is 1260. The van der Waals surface area contributed by atoms with Gasteiger partial charge in [-0.15, -0.1) is 0 Å². The standard InChI is InChI=1S/C19H10F8N2O2/c1-6-3-8(5-9(4-6)19(25,26)27)17(30)10-7(2)28-29(18(10)31)16-14(23)12(21)11(20)13(22)15(16)24/h3-5,28H,1-2H3. The van der Waals surface area contributed by atoms with E-state index in [0.717, 1.165) is 19.1 Å². The molecule has 0 radical (unpaired) electrons. The summed E-state index contributed by atoms with van der Waals surface area (Å²) in [6.07, 6.45) is -4.80. The molecule has 2 aromatic carbocycles. The number of rotatable bonds is 3. The monoisotopic (exact) mass is 450 g/mol. The number of ketones is 1. The summed E-state index contributed by atoms with van der Waals surface area (Å²) in [7, 11) is 0. The Morgan fingerprint density at radius 1 is 0.871 bits per heavy atom. The van der Waals surface area contributed by atoms with Gasteiger partial charge in [0.2, 0.25) is 5.82 Å². The predicted octanol–water partition coefficient (Wildman–Crippen LogP) is 4.73. The van der Waals surface area contributed by atoms with Crippen molar-refractivity contribution in [3.05, 3.63) is 85.6 Å². The number of alkyl halides is 3. The van der Waals surface area contributed by atoms with Gasteiger partial charge in [0.15, 0.2) is 29.1 Å². The van der Waals surface area contributed by atoms with Gasteiger partial charge < -0.3 is 0 Å². The molecule has 0 unspecified atom stereocenters. The molecule has 0 aliphatic heterocycles. The second kappa shape index (κ2) is 7.36. The molecule has 0 amide bonds. The molecule has 0 saturated carbocycles. The predicted molar refractivity (Wildman–Crippen MR) is 90.5 cm³/mol. The van der Waals surface area contributed by atoms with Gasteiger partial charge >= 0.3 is 6.18 Å². The molecule has 4 nitrogen and oxygen atoms in total. The van der Waals surface area contributed by atoms with E-state index in [0.29, 0.717) is 6.07 Å². The summed E-state index contributed by atoms with van der Waals surface area (Å²) in [4.78, 5) is 25.3. The highest BCUT2D eigenvalue weighted by atomic mass is 19.4. The molecule has 3 aromatic rings. The van der Waals surface area contributed by atoms with E-state index in [9.17, 15) is 44.7 Å². The van der Waals surface area contributed by atoms with E-state index < -0.39 is 69.0 Å². The van der Waals surface area contributed by atoms with E-state index in [4.69, 9.17) is 0 Å². The van der Waals surface area contributed by atoms with Crippen molar-refractivity contribution in [2.75, 3.05) is 0 Å². The second-order valence-corrected chi connectivity index (χ2v) is 6.59. The first-order chi connectivity index (χ1) is 14.3. The van der Waals surface area contributed by atoms with Crippen molar-refractivity contribution in [3.8, 4) is 5.69 Å². The highest BCUT2D eigenvalue weighted by molar-refractivity contribution is 6.09. The summed E-state index contributed by atoms with van der Waals surface area (Å²) in [5.41, 5.74) is -6.08. The van der Waals surface area contributed by atoms with E-state index in [1.807, 2.05) is 5.10 Å². The molecular formula is C19H10F8N2O2. The zero-order chi connectivity index (χ0) is 23.4. The third-order valence-electron chi connectivity index (χ3n) is 4.38. The lowest BCUT2D eigenvalue weighted by molar-refractivity contribution is -0.137. The molecular weight excluding hydrogens is 440 g/mol. The zero-order valence-electron chi connectivity index (χ0n) is 15.5. The van der Waals surface area contributed by atoms with Crippen LogP contribution in [0.3, 0.4) is 0 Å². The van der Waals surface area contributed by atoms with Crippen LogP contribution in [0, 0.1) is 42.9 Å². The van der Waals surface area contributed by atoms with Crippen LogP contribution in [0.15, 0.2) is 23.0 Å². The van der Waals surface area contributed by atoms with Crippen LogP contribution < -0.4 is 5.56 Å². The van der Waals surface area contributed by atoms with Crippen LogP contribution in [-0.4, -0.2) is 15.6 Å². The van der Waals surface area contributed by atoms with Crippen LogP contribution in [0.2, 0.25) is 0 Å². The number of hydrogen-bond acceptors (Lipinski definition) is 2. The molecule has 0 aliphatic rings. The average molecular weight is 450 g/mol. The fourth-order valence-electron chi connectivity index (χ4n) is 2.98. The largest absolute Gasteiger partial charge is 0.416 e. The summed E-state index contributed by atoms with van der Waals surface area (Å²) >= 11 is 0. The van der Waals surface area contributed by atoms with E-state index >= 15 is 0 Å². The number of carbonyl (C=O) groups excluding carboxylic acids is 1. The number of benzene rings is 2. The van der Waals surface area contributed by atoms with Crippen LogP contribution in [0.25, 0.3) is 5.69 Å². The Hall–Kier alpha value is -3.44. The van der Waals surface area contributed by atoms with Gasteiger partial charge in [0.05, 0.1) is 5.56 Å². The summed E-state index contributed by atoms with van der Waals surface area (Å²) < 4.78 is 107. The smallest absolute Gasteiger partial charge is 0.294 e. The summed E-state index contributed by atoms with van der Waals surface area (Å²) in [6, 6.07) is 2.28. The van der Waals surface area contributed by atoms with Gasteiger partial charge in [-0.2, -0.15) is 13.2 Å². The molecule has 0 bridgehead atoms. The van der Waals surface area contributed by atoms with Crippen molar-refractivity contribution in [3.63, 3.8) is 0 Å². The first kappa shape index (κ1) is 22.2. The number of hydrogen-bond donors (Lipinski definition) is 1. The maximum absolute atomic E-state index is 14.1. The Morgan fingerprint density at radius 3 is 1.90 bits per heavy atom. The molecule has 164 valence electrons. The van der Waals surface area contributed by atoms with Gasteiger partial charge in [0.1, 0.15) is 11.3 Å². The number of nitrogens with zero attached hydrogens (tertiary/aromatic N) is 1. The number of aromatic amines is 1. The fraction of sp³-hybridized carbons (Fsp3) is 0.158. The number of aryl methyl sites for hydroxylation is 2. The van der Waals surface area contributed by atoms with Crippen LogP contribution in [0.5, 0.6) is 0 Å². The maximum atomic E-state index is 14.1. The lowest BCUT2D eigenvalue weighted by Crippen LogP contribution is -2.24. The number of aromatic nitrogens is 2. The summed E-state index contributed by atoms with van der Waals surface area (Å²) in [5, 5.41) is 2.02. The minimum atomic E-state index is -4.80. The highest BCUT2D eigenvalue weighted by Crippen LogP contribution is 2.31. The van der Waals surface area contributed by atoms with Crippen LogP contribution in [-0.2, 0) is 6.18 Å². The third-order valence-corrected chi connectivity index (χ3v) is 4.38. The molecule has 0 saturated heterocycles. The normalized spacial score (nSPS) is 11.8. The van der Waals surface area contributed by atoms with E-state index in [1.54, 1.807) is 0 Å². The molecule has 31 heavy (non-hydrogen) atoms. The van der Waals surface area contributed by atoms with Crippen LogP contribution >= 0.6 is 0 Å². The van der Waals surface area contributed by atoms with Gasteiger partial charge in [0, 0.05) is 11.3 Å². The van der Waals surface area contributed by atoms with E-state index in [2.05, 4.69) is 0 Å². The van der Waals surface area contributed by atoms with Crippen LogP contribution in [0.4, 0.5) is 35.1 Å². The maximum Gasteiger partial charge on any atom is 0.416 e. The fourth-order valence-corrected chi connectivity index (χ4v) is 2.98. The van der Waals surface area contributed by atoms with Crippen molar-refractivity contribution in [2.45, 2.75) is 20.0 Å². The van der Waals surface area contributed by atoms with E-state index in [1.165, 1.54) is 6.92 Å². The SMILES string of the molecule is Cc1cc(C(=O)c2c(C)[nH]n(-c3c(F)c(F)c(F)c(F)c3F)c2=O)cc(C(F)(F)F)c1. The number of H-pyrrole nitrogens is 1. The molecule has 1 heterocycles. The number of nitrogens with one attached hydrogen (secondary N) is 1. The Morgan fingerprint density at radius 2 is 1.39 bits per heavy atom. The molecule has 0 fully saturated rings. The van der Waals surface area contributed by atoms with Gasteiger partial charge in [-0.3, -0.25) is 14.7 Å². The summed E-state index contributed by atoms with van der Waals surface area (Å²) in [6.45, 7) is 2.33. The first-order valence-electron chi connectivity index (χ1n) is 8.32. The molecule has 0 aliphatic carbocycles. The van der Waals surface area contributed by atoms with Gasteiger partial charge in [-0.1, -0.05) is 0 Å². The zero-order valence-corrected chi connectivity index (χ0v) is 15.5.